The van der Waals surface area contributed by atoms with E-state index in [-0.39, 0.29) is 16.3 Å². The smallest absolute Gasteiger partial charge is 0.306 e. The zero-order valence-electron chi connectivity index (χ0n) is 15.9. The first-order chi connectivity index (χ1) is 13.9. The van der Waals surface area contributed by atoms with Gasteiger partial charge in [-0.3, -0.25) is 0 Å². The lowest BCUT2D eigenvalue weighted by Crippen LogP contribution is -2.24. The monoisotopic (exact) mass is 417 g/mol. The van der Waals surface area contributed by atoms with Crippen LogP contribution in [0.3, 0.4) is 0 Å². The van der Waals surface area contributed by atoms with Gasteiger partial charge in [-0.2, -0.15) is 0 Å². The number of nitrogens with one attached hydrogen (secondary N) is 5. The Hall–Kier alpha value is -3.11. The van der Waals surface area contributed by atoms with Gasteiger partial charge in [0.2, 0.25) is 10.0 Å². The molecule has 0 fully saturated rings. The first-order valence-corrected chi connectivity index (χ1v) is 10.8. The first-order valence-electron chi connectivity index (χ1n) is 9.28. The highest BCUT2D eigenvalue weighted by Gasteiger charge is 2.14. The summed E-state index contributed by atoms with van der Waals surface area (Å²) < 4.78 is 26.6. The number of aromatic amines is 4. The van der Waals surface area contributed by atoms with Crippen molar-refractivity contribution in [2.45, 2.75) is 31.1 Å². The first kappa shape index (κ1) is 20.6. The predicted octanol–water partition coefficient (Wildman–Crippen LogP) is 2.18. The second-order valence-corrected chi connectivity index (χ2v) is 8.28. The van der Waals surface area contributed by atoms with Crippen LogP contribution in [0.4, 0.5) is 0 Å². The van der Waals surface area contributed by atoms with E-state index in [2.05, 4.69) is 31.6 Å². The van der Waals surface area contributed by atoms with Crippen molar-refractivity contribution in [1.82, 2.24) is 24.7 Å². The highest BCUT2D eigenvalue weighted by atomic mass is 32.2. The van der Waals surface area contributed by atoms with Gasteiger partial charge in [-0.05, 0) is 36.8 Å². The summed E-state index contributed by atoms with van der Waals surface area (Å²) in [4.78, 5) is 32.4. The number of imidazole rings is 2. The number of rotatable bonds is 6. The van der Waals surface area contributed by atoms with E-state index in [1.807, 2.05) is 24.3 Å². The van der Waals surface area contributed by atoms with E-state index in [9.17, 15) is 18.0 Å². The Balaban J connectivity index is 0.000000200. The number of para-hydroxylation sites is 2. The zero-order valence-corrected chi connectivity index (χ0v) is 16.7. The molecule has 0 spiro atoms. The molecule has 0 atom stereocenters. The number of aromatic nitrogens is 4. The average molecular weight is 417 g/mol. The van der Waals surface area contributed by atoms with Gasteiger partial charge in [0.1, 0.15) is 0 Å². The van der Waals surface area contributed by atoms with E-state index < -0.39 is 10.0 Å². The Labute approximate surface area is 166 Å². The fourth-order valence-electron chi connectivity index (χ4n) is 2.82. The molecule has 0 unspecified atom stereocenters. The third kappa shape index (κ3) is 5.24. The van der Waals surface area contributed by atoms with Crippen molar-refractivity contribution >= 4 is 32.1 Å². The van der Waals surface area contributed by atoms with Crippen LogP contribution in [-0.4, -0.2) is 34.9 Å². The molecule has 2 heterocycles. The highest BCUT2D eigenvalue weighted by Crippen LogP contribution is 2.14. The van der Waals surface area contributed by atoms with Crippen molar-refractivity contribution in [1.29, 1.82) is 0 Å². The molecule has 5 N–H and O–H groups in total. The maximum absolute atomic E-state index is 12.0. The van der Waals surface area contributed by atoms with Gasteiger partial charge in [-0.1, -0.05) is 31.9 Å². The summed E-state index contributed by atoms with van der Waals surface area (Å²) in [6, 6.07) is 12.0. The van der Waals surface area contributed by atoms with E-state index in [1.54, 1.807) is 6.07 Å². The summed E-state index contributed by atoms with van der Waals surface area (Å²) in [5.74, 6) is 0. The molecule has 0 bridgehead atoms. The maximum atomic E-state index is 12.0. The number of H-pyrrole nitrogens is 4. The lowest BCUT2D eigenvalue weighted by Gasteiger charge is -2.06. The maximum Gasteiger partial charge on any atom is 0.323 e. The molecule has 2 aromatic carbocycles. The molecule has 4 rings (SSSR count). The molecular weight excluding hydrogens is 394 g/mol. The highest BCUT2D eigenvalue weighted by molar-refractivity contribution is 7.89. The van der Waals surface area contributed by atoms with Crippen LogP contribution in [0.2, 0.25) is 0 Å². The molecule has 0 aliphatic heterocycles. The van der Waals surface area contributed by atoms with Crippen LogP contribution in [0.15, 0.2) is 56.9 Å². The number of hydrogen-bond acceptors (Lipinski definition) is 4. The summed E-state index contributed by atoms with van der Waals surface area (Å²) in [6.07, 6.45) is 2.85. The van der Waals surface area contributed by atoms with Crippen molar-refractivity contribution in [2.24, 2.45) is 0 Å². The molecule has 4 aromatic rings. The van der Waals surface area contributed by atoms with Gasteiger partial charge in [0.25, 0.3) is 0 Å². The van der Waals surface area contributed by atoms with Crippen LogP contribution in [0.25, 0.3) is 22.1 Å². The standard InChI is InChI=1S/C12H17N3O3S.C7H6N2O/c1-2-3-4-7-13-19(17,18)9-5-6-10-11(8-9)15-12(16)14-10;10-7-8-5-3-1-2-4-6(5)9-7/h5-6,8,13H,2-4,7H2,1H3,(H2,14,15,16);1-4H,(H2,8,9,10). The number of hydrogen-bond donors (Lipinski definition) is 5. The topological polar surface area (TPSA) is 143 Å². The molecule has 29 heavy (non-hydrogen) atoms. The van der Waals surface area contributed by atoms with Crippen LogP contribution in [0.1, 0.15) is 26.2 Å². The Bertz CT molecular complexity index is 1280. The normalized spacial score (nSPS) is 11.5. The third-order valence-corrected chi connectivity index (χ3v) is 5.75. The van der Waals surface area contributed by atoms with E-state index in [1.165, 1.54) is 12.1 Å². The van der Waals surface area contributed by atoms with Gasteiger partial charge in [0.05, 0.1) is 27.0 Å². The van der Waals surface area contributed by atoms with Crippen molar-refractivity contribution in [3.63, 3.8) is 0 Å². The minimum absolute atomic E-state index is 0.152. The van der Waals surface area contributed by atoms with Crippen LogP contribution >= 0.6 is 0 Å². The lowest BCUT2D eigenvalue weighted by atomic mass is 10.3. The Morgan fingerprint density at radius 1 is 0.793 bits per heavy atom. The third-order valence-electron chi connectivity index (χ3n) is 4.29. The van der Waals surface area contributed by atoms with Gasteiger partial charge in [0.15, 0.2) is 0 Å². The van der Waals surface area contributed by atoms with Crippen LogP contribution in [-0.2, 0) is 10.0 Å². The molecular formula is C19H23N5O4S. The Morgan fingerprint density at radius 2 is 1.34 bits per heavy atom. The van der Waals surface area contributed by atoms with E-state index in [0.29, 0.717) is 17.6 Å². The number of sulfonamides is 1. The SMILES string of the molecule is CCCCCNS(=O)(=O)c1ccc2[nH]c(=O)[nH]c2c1.O=c1[nH]c2ccccc2[nH]1. The van der Waals surface area contributed by atoms with Crippen LogP contribution < -0.4 is 16.1 Å². The van der Waals surface area contributed by atoms with Gasteiger partial charge < -0.3 is 19.9 Å². The fourth-order valence-corrected chi connectivity index (χ4v) is 3.92. The molecule has 0 saturated heterocycles. The van der Waals surface area contributed by atoms with Crippen molar-refractivity contribution in [3.8, 4) is 0 Å². The molecule has 154 valence electrons. The van der Waals surface area contributed by atoms with Crippen molar-refractivity contribution in [2.75, 3.05) is 6.54 Å². The van der Waals surface area contributed by atoms with Crippen LogP contribution in [0.5, 0.6) is 0 Å². The van der Waals surface area contributed by atoms with Gasteiger partial charge >= 0.3 is 11.4 Å². The fraction of sp³-hybridized carbons (Fsp3) is 0.263. The lowest BCUT2D eigenvalue weighted by molar-refractivity contribution is 0.576. The second kappa shape index (κ2) is 8.93. The number of unbranched alkanes of at least 4 members (excludes halogenated alkanes) is 2. The minimum Gasteiger partial charge on any atom is -0.306 e. The summed E-state index contributed by atoms with van der Waals surface area (Å²) in [6.45, 7) is 2.49. The summed E-state index contributed by atoms with van der Waals surface area (Å²) in [5, 5.41) is 0. The molecule has 10 heteroatoms. The second-order valence-electron chi connectivity index (χ2n) is 6.52. The number of fused-ring (bicyclic) bond motifs is 2. The van der Waals surface area contributed by atoms with Gasteiger partial charge in [-0.25, -0.2) is 22.7 Å². The summed E-state index contributed by atoms with van der Waals surface area (Å²) in [7, 11) is -3.51. The largest absolute Gasteiger partial charge is 0.323 e. The van der Waals surface area contributed by atoms with E-state index >= 15 is 0 Å². The summed E-state index contributed by atoms with van der Waals surface area (Å²) in [5.41, 5.74) is 2.29. The molecule has 0 aliphatic carbocycles. The molecule has 0 saturated carbocycles. The predicted molar refractivity (Wildman–Crippen MR) is 113 cm³/mol. The van der Waals surface area contributed by atoms with Gasteiger partial charge in [0, 0.05) is 6.54 Å². The number of benzene rings is 2. The van der Waals surface area contributed by atoms with Gasteiger partial charge in [-0.15, -0.1) is 0 Å². The minimum atomic E-state index is -3.51. The van der Waals surface area contributed by atoms with E-state index in [4.69, 9.17) is 0 Å². The van der Waals surface area contributed by atoms with E-state index in [0.717, 1.165) is 30.3 Å². The Morgan fingerprint density at radius 3 is 1.93 bits per heavy atom. The molecule has 2 aromatic heterocycles. The molecule has 0 aliphatic rings. The molecule has 0 radical (unpaired) electrons. The molecule has 9 nitrogen and oxygen atoms in total. The Kier molecular flexibility index (Phi) is 6.35. The zero-order chi connectivity index (χ0) is 20.9. The summed E-state index contributed by atoms with van der Waals surface area (Å²) >= 11 is 0. The van der Waals surface area contributed by atoms with Crippen molar-refractivity contribution < 1.29 is 8.42 Å². The quantitative estimate of drug-likeness (QED) is 0.306. The average Bonchev–Trinajstić information content (AvgIpc) is 3.25. The van der Waals surface area contributed by atoms with Crippen molar-refractivity contribution in [3.05, 3.63) is 63.4 Å². The van der Waals surface area contributed by atoms with Crippen LogP contribution in [0, 0.1) is 0 Å². The molecule has 0 amide bonds.